The molecule has 8 heteroatoms. The molecule has 8 nitrogen and oxygen atoms in total. The number of H-pyrrole nitrogens is 1. The third-order valence-electron chi connectivity index (χ3n) is 7.90. The van der Waals surface area contributed by atoms with Gasteiger partial charge in [0, 0.05) is 41.1 Å². The van der Waals surface area contributed by atoms with Crippen molar-refractivity contribution in [3.63, 3.8) is 0 Å². The van der Waals surface area contributed by atoms with Crippen LogP contribution in [0, 0.1) is 6.92 Å². The number of benzene rings is 3. The van der Waals surface area contributed by atoms with E-state index in [4.69, 9.17) is 9.47 Å². The number of hydrogen-bond acceptors (Lipinski definition) is 5. The summed E-state index contributed by atoms with van der Waals surface area (Å²) in [6, 6.07) is 21.8. The number of ether oxygens (including phenoxy) is 2. The zero-order valence-electron chi connectivity index (χ0n) is 23.6. The summed E-state index contributed by atoms with van der Waals surface area (Å²) in [5, 5.41) is 13.1. The lowest BCUT2D eigenvalue weighted by Gasteiger charge is -2.17. The lowest BCUT2D eigenvalue weighted by atomic mass is 9.98. The van der Waals surface area contributed by atoms with E-state index in [1.807, 2.05) is 66.4 Å². The topological polar surface area (TPSA) is 105 Å². The van der Waals surface area contributed by atoms with Gasteiger partial charge in [-0.15, -0.1) is 0 Å². The molecule has 0 aliphatic carbocycles. The fourth-order valence-corrected chi connectivity index (χ4v) is 5.84. The van der Waals surface area contributed by atoms with Gasteiger partial charge in [-0.05, 0) is 54.8 Å². The minimum absolute atomic E-state index is 0.156. The molecule has 5 aromatic rings. The van der Waals surface area contributed by atoms with Crippen molar-refractivity contribution in [2.24, 2.45) is 0 Å². The van der Waals surface area contributed by atoms with Gasteiger partial charge in [0.15, 0.2) is 0 Å². The van der Waals surface area contributed by atoms with Gasteiger partial charge in [-0.1, -0.05) is 54.6 Å². The predicted octanol–water partition coefficient (Wildman–Crippen LogP) is 6.40. The van der Waals surface area contributed by atoms with Crippen LogP contribution in [-0.2, 0) is 11.2 Å². The van der Waals surface area contributed by atoms with E-state index in [0.717, 1.165) is 62.6 Å². The SMILES string of the molecule is Cc1ccnc(OCCN2CCCC2=O)c1-c1cccc2c(CCCOc3cccc4ccccc34)c(C(=O)O)[nH]c12. The molecule has 2 N–H and O–H groups in total. The van der Waals surface area contributed by atoms with Crippen LogP contribution in [0.15, 0.2) is 72.9 Å². The molecule has 3 heterocycles. The van der Waals surface area contributed by atoms with Crippen molar-refractivity contribution in [3.05, 3.63) is 89.7 Å². The molecule has 42 heavy (non-hydrogen) atoms. The summed E-state index contributed by atoms with van der Waals surface area (Å²) in [6.45, 7) is 4.04. The Hall–Kier alpha value is -4.85. The number of aromatic amines is 1. The molecule has 2 aromatic heterocycles. The highest BCUT2D eigenvalue weighted by atomic mass is 16.5. The summed E-state index contributed by atoms with van der Waals surface area (Å²) in [7, 11) is 0. The summed E-state index contributed by atoms with van der Waals surface area (Å²) >= 11 is 0. The van der Waals surface area contributed by atoms with Crippen molar-refractivity contribution in [2.75, 3.05) is 26.3 Å². The van der Waals surface area contributed by atoms with Crippen LogP contribution in [0.2, 0.25) is 0 Å². The van der Waals surface area contributed by atoms with Crippen LogP contribution >= 0.6 is 0 Å². The second kappa shape index (κ2) is 11.9. The van der Waals surface area contributed by atoms with Gasteiger partial charge >= 0.3 is 5.97 Å². The van der Waals surface area contributed by atoms with Crippen molar-refractivity contribution >= 4 is 33.6 Å². The number of nitrogens with zero attached hydrogens (tertiary/aromatic N) is 2. The van der Waals surface area contributed by atoms with Gasteiger partial charge in [0.05, 0.1) is 18.7 Å². The van der Waals surface area contributed by atoms with Gasteiger partial charge < -0.3 is 24.5 Å². The quantitative estimate of drug-likeness (QED) is 0.180. The molecule has 1 aliphatic heterocycles. The molecule has 0 unspecified atom stereocenters. The standard InChI is InChI=1S/C34H33N3O5/c1-22-16-17-35-33(42-21-19-37-18-6-15-29(37)38)30(22)27-12-5-11-25-26(32(34(39)40)36-31(25)27)13-7-20-41-28-14-4-9-23-8-2-3-10-24(23)28/h2-5,8-12,14,16-17,36H,6-7,13,15,18-21H2,1H3,(H,39,40). The fourth-order valence-electron chi connectivity index (χ4n) is 5.84. The van der Waals surface area contributed by atoms with Crippen molar-refractivity contribution in [2.45, 2.75) is 32.6 Å². The van der Waals surface area contributed by atoms with Crippen molar-refractivity contribution in [1.29, 1.82) is 0 Å². The van der Waals surface area contributed by atoms with Crippen LogP contribution in [0.25, 0.3) is 32.8 Å². The number of para-hydroxylation sites is 1. The number of fused-ring (bicyclic) bond motifs is 2. The van der Waals surface area contributed by atoms with Gasteiger partial charge in [-0.3, -0.25) is 4.79 Å². The first-order valence-corrected chi connectivity index (χ1v) is 14.3. The van der Waals surface area contributed by atoms with Crippen molar-refractivity contribution < 1.29 is 24.2 Å². The van der Waals surface area contributed by atoms with Gasteiger partial charge in [0.25, 0.3) is 0 Å². The summed E-state index contributed by atoms with van der Waals surface area (Å²) < 4.78 is 12.2. The molecule has 1 amide bonds. The summed E-state index contributed by atoms with van der Waals surface area (Å²) in [5.41, 5.74) is 4.25. The average molecular weight is 564 g/mol. The number of likely N-dealkylation sites (tertiary alicyclic amines) is 1. The van der Waals surface area contributed by atoms with E-state index in [1.165, 1.54) is 0 Å². The summed E-state index contributed by atoms with van der Waals surface area (Å²) in [6.07, 6.45) is 4.36. The molecule has 0 bridgehead atoms. The summed E-state index contributed by atoms with van der Waals surface area (Å²) in [5.74, 6) is 0.437. The van der Waals surface area contributed by atoms with Crippen LogP contribution < -0.4 is 9.47 Å². The van der Waals surface area contributed by atoms with Crippen LogP contribution in [0.4, 0.5) is 0 Å². The molecule has 214 valence electrons. The Morgan fingerprint density at radius 3 is 2.64 bits per heavy atom. The highest BCUT2D eigenvalue weighted by Crippen LogP contribution is 2.38. The van der Waals surface area contributed by atoms with E-state index in [-0.39, 0.29) is 11.6 Å². The Morgan fingerprint density at radius 1 is 1.00 bits per heavy atom. The number of carboxylic acids is 1. The van der Waals surface area contributed by atoms with E-state index < -0.39 is 5.97 Å². The Morgan fingerprint density at radius 2 is 1.81 bits per heavy atom. The number of carbonyl (C=O) groups excluding carboxylic acids is 1. The number of amides is 1. The van der Waals surface area contributed by atoms with Crippen molar-refractivity contribution in [3.8, 4) is 22.8 Å². The first-order chi connectivity index (χ1) is 20.5. The van der Waals surface area contributed by atoms with Crippen LogP contribution in [-0.4, -0.2) is 58.2 Å². The molecular formula is C34H33N3O5. The first-order valence-electron chi connectivity index (χ1n) is 14.3. The molecule has 0 radical (unpaired) electrons. The minimum Gasteiger partial charge on any atom is -0.493 e. The third-order valence-corrected chi connectivity index (χ3v) is 7.90. The zero-order chi connectivity index (χ0) is 29.1. The number of hydrogen-bond donors (Lipinski definition) is 2. The highest BCUT2D eigenvalue weighted by Gasteiger charge is 2.23. The highest BCUT2D eigenvalue weighted by molar-refractivity contribution is 6.03. The molecule has 3 aromatic carbocycles. The number of nitrogens with one attached hydrogen (secondary N) is 1. The Balaban J connectivity index is 1.25. The number of carbonyl (C=O) groups is 2. The smallest absolute Gasteiger partial charge is 0.352 e. The largest absolute Gasteiger partial charge is 0.493 e. The first kappa shape index (κ1) is 27.3. The lowest BCUT2D eigenvalue weighted by Crippen LogP contribution is -2.29. The van der Waals surface area contributed by atoms with E-state index in [9.17, 15) is 14.7 Å². The maximum absolute atomic E-state index is 12.3. The predicted molar refractivity (Wildman–Crippen MR) is 162 cm³/mol. The second-order valence-corrected chi connectivity index (χ2v) is 10.6. The van der Waals surface area contributed by atoms with Crippen LogP contribution in [0.5, 0.6) is 11.6 Å². The minimum atomic E-state index is -1.00. The van der Waals surface area contributed by atoms with E-state index >= 15 is 0 Å². The molecule has 1 aliphatic rings. The van der Waals surface area contributed by atoms with Crippen LogP contribution in [0.1, 0.15) is 40.9 Å². The number of aryl methyl sites for hydroxylation is 2. The zero-order valence-corrected chi connectivity index (χ0v) is 23.6. The third kappa shape index (κ3) is 5.40. The van der Waals surface area contributed by atoms with E-state index in [2.05, 4.69) is 22.1 Å². The second-order valence-electron chi connectivity index (χ2n) is 10.6. The number of carboxylic acid groups (broad SMARTS) is 1. The molecular weight excluding hydrogens is 530 g/mol. The number of pyridine rings is 1. The van der Waals surface area contributed by atoms with Gasteiger partial charge in [0.1, 0.15) is 18.1 Å². The van der Waals surface area contributed by atoms with Gasteiger partial charge in [-0.25, -0.2) is 9.78 Å². The average Bonchev–Trinajstić information content (AvgIpc) is 3.58. The lowest BCUT2D eigenvalue weighted by molar-refractivity contribution is -0.128. The maximum Gasteiger partial charge on any atom is 0.352 e. The number of aromatic carboxylic acids is 1. The molecule has 1 saturated heterocycles. The van der Waals surface area contributed by atoms with Crippen molar-refractivity contribution in [1.82, 2.24) is 14.9 Å². The van der Waals surface area contributed by atoms with E-state index in [1.54, 1.807) is 6.20 Å². The van der Waals surface area contributed by atoms with E-state index in [0.29, 0.717) is 44.9 Å². The Labute approximate surface area is 243 Å². The Bertz CT molecular complexity index is 1770. The molecule has 1 fully saturated rings. The molecule has 0 atom stereocenters. The molecule has 0 saturated carbocycles. The maximum atomic E-state index is 12.3. The molecule has 0 spiro atoms. The number of rotatable bonds is 11. The fraction of sp³-hybridized carbons (Fsp3) is 0.265. The van der Waals surface area contributed by atoms with Gasteiger partial charge in [-0.2, -0.15) is 0 Å². The molecule has 6 rings (SSSR count). The Kier molecular flexibility index (Phi) is 7.77. The van der Waals surface area contributed by atoms with Gasteiger partial charge in [0.2, 0.25) is 11.8 Å². The normalized spacial score (nSPS) is 13.3. The van der Waals surface area contributed by atoms with Crippen LogP contribution in [0.3, 0.4) is 0 Å². The monoisotopic (exact) mass is 563 g/mol. The summed E-state index contributed by atoms with van der Waals surface area (Å²) in [4.78, 5) is 33.9. The number of aromatic nitrogens is 2.